The van der Waals surface area contributed by atoms with Crippen molar-refractivity contribution in [2.75, 3.05) is 13.2 Å². The Bertz CT molecular complexity index is 702. The number of hydrogen-bond acceptors (Lipinski definition) is 4. The lowest BCUT2D eigenvalue weighted by molar-refractivity contribution is -0.128. The van der Waals surface area contributed by atoms with Crippen molar-refractivity contribution < 1.29 is 14.3 Å². The summed E-state index contributed by atoms with van der Waals surface area (Å²) in [7, 11) is 0. The number of amides is 1. The standard InChI is InChI=1S/C21H26N2O3/c1-2-25-19-8-14(12-22)3-4-18(19)26-13-20(24)23-21-9-15-5-16(10-21)7-17(6-15)11-21/h3-4,8,15-17H,2,5-7,9-11,13H2,1H3,(H,23,24). The zero-order valence-corrected chi connectivity index (χ0v) is 15.3. The molecule has 0 spiro atoms. The number of carbonyl (C=O) groups is 1. The predicted molar refractivity (Wildman–Crippen MR) is 96.9 cm³/mol. The lowest BCUT2D eigenvalue weighted by Crippen LogP contribution is -2.60. The molecule has 1 N–H and O–H groups in total. The van der Waals surface area contributed by atoms with E-state index < -0.39 is 0 Å². The zero-order valence-electron chi connectivity index (χ0n) is 15.3. The molecule has 4 fully saturated rings. The lowest BCUT2D eigenvalue weighted by atomic mass is 9.53. The van der Waals surface area contributed by atoms with Crippen LogP contribution in [0.25, 0.3) is 0 Å². The van der Waals surface area contributed by atoms with Crippen LogP contribution in [0, 0.1) is 29.1 Å². The summed E-state index contributed by atoms with van der Waals surface area (Å²) >= 11 is 0. The molecule has 5 heteroatoms. The average Bonchev–Trinajstić information content (AvgIpc) is 2.59. The van der Waals surface area contributed by atoms with Gasteiger partial charge in [-0.15, -0.1) is 0 Å². The molecule has 0 heterocycles. The Labute approximate surface area is 154 Å². The first kappa shape index (κ1) is 17.2. The first-order valence-corrected chi connectivity index (χ1v) is 9.70. The Morgan fingerprint density at radius 3 is 2.38 bits per heavy atom. The van der Waals surface area contributed by atoms with Gasteiger partial charge in [0.15, 0.2) is 18.1 Å². The molecule has 0 aliphatic heterocycles. The van der Waals surface area contributed by atoms with Crippen molar-refractivity contribution in [2.24, 2.45) is 17.8 Å². The maximum absolute atomic E-state index is 12.6. The smallest absolute Gasteiger partial charge is 0.258 e. The molecule has 5 nitrogen and oxygen atoms in total. The van der Waals surface area contributed by atoms with Crippen LogP contribution in [0.15, 0.2) is 18.2 Å². The van der Waals surface area contributed by atoms with Crippen LogP contribution in [0.3, 0.4) is 0 Å². The lowest BCUT2D eigenvalue weighted by Gasteiger charge is -2.56. The van der Waals surface area contributed by atoms with Crippen LogP contribution in [0.2, 0.25) is 0 Å². The number of benzene rings is 1. The Morgan fingerprint density at radius 2 is 1.81 bits per heavy atom. The van der Waals surface area contributed by atoms with Gasteiger partial charge < -0.3 is 14.8 Å². The van der Waals surface area contributed by atoms with Gasteiger partial charge in [-0.2, -0.15) is 5.26 Å². The molecule has 26 heavy (non-hydrogen) atoms. The fraction of sp³-hybridized carbons (Fsp3) is 0.619. The van der Waals surface area contributed by atoms with Crippen molar-refractivity contribution >= 4 is 5.91 Å². The van der Waals surface area contributed by atoms with Crippen molar-refractivity contribution in [3.05, 3.63) is 23.8 Å². The third kappa shape index (κ3) is 3.38. The predicted octanol–water partition coefficient (Wildman–Crippen LogP) is 3.42. The van der Waals surface area contributed by atoms with Crippen LogP contribution < -0.4 is 14.8 Å². The molecule has 1 aromatic rings. The van der Waals surface area contributed by atoms with Crippen molar-refractivity contribution in [3.8, 4) is 17.6 Å². The summed E-state index contributed by atoms with van der Waals surface area (Å²) in [6.07, 6.45) is 7.46. The molecule has 0 unspecified atom stereocenters. The number of nitrogens with one attached hydrogen (secondary N) is 1. The van der Waals surface area contributed by atoms with E-state index in [4.69, 9.17) is 14.7 Å². The highest BCUT2D eigenvalue weighted by Crippen LogP contribution is 2.55. The van der Waals surface area contributed by atoms with Gasteiger partial charge in [0.05, 0.1) is 18.2 Å². The van der Waals surface area contributed by atoms with E-state index in [1.54, 1.807) is 18.2 Å². The van der Waals surface area contributed by atoms with Gasteiger partial charge >= 0.3 is 0 Å². The Hall–Kier alpha value is -2.22. The quantitative estimate of drug-likeness (QED) is 0.850. The summed E-state index contributed by atoms with van der Waals surface area (Å²) < 4.78 is 11.3. The van der Waals surface area contributed by atoms with Gasteiger partial charge in [-0.3, -0.25) is 4.79 Å². The second kappa shape index (κ2) is 6.83. The molecule has 0 saturated heterocycles. The monoisotopic (exact) mass is 354 g/mol. The number of hydrogen-bond donors (Lipinski definition) is 1. The second-order valence-corrected chi connectivity index (χ2v) is 8.24. The third-order valence-corrected chi connectivity index (χ3v) is 6.17. The third-order valence-electron chi connectivity index (χ3n) is 6.17. The Kier molecular flexibility index (Phi) is 4.52. The van der Waals surface area contributed by atoms with Gasteiger partial charge in [0.1, 0.15) is 0 Å². The highest BCUT2D eigenvalue weighted by Gasteiger charge is 2.51. The fourth-order valence-corrected chi connectivity index (χ4v) is 5.70. The van der Waals surface area contributed by atoms with E-state index in [9.17, 15) is 4.79 Å². The van der Waals surface area contributed by atoms with Crippen LogP contribution in [-0.2, 0) is 4.79 Å². The molecular formula is C21H26N2O3. The molecular weight excluding hydrogens is 328 g/mol. The highest BCUT2D eigenvalue weighted by atomic mass is 16.5. The minimum absolute atomic E-state index is 0.00259. The summed E-state index contributed by atoms with van der Waals surface area (Å²) in [5.74, 6) is 3.35. The zero-order chi connectivity index (χ0) is 18.1. The molecule has 5 rings (SSSR count). The maximum Gasteiger partial charge on any atom is 0.258 e. The number of carbonyl (C=O) groups excluding carboxylic acids is 1. The van der Waals surface area contributed by atoms with E-state index in [1.165, 1.54) is 19.3 Å². The molecule has 4 saturated carbocycles. The molecule has 4 aliphatic carbocycles. The van der Waals surface area contributed by atoms with Crippen LogP contribution >= 0.6 is 0 Å². The van der Waals surface area contributed by atoms with Crippen LogP contribution in [-0.4, -0.2) is 24.7 Å². The fourth-order valence-electron chi connectivity index (χ4n) is 5.70. The highest BCUT2D eigenvalue weighted by molar-refractivity contribution is 5.78. The molecule has 0 radical (unpaired) electrons. The van der Waals surface area contributed by atoms with E-state index >= 15 is 0 Å². The first-order valence-electron chi connectivity index (χ1n) is 9.70. The summed E-state index contributed by atoms with van der Waals surface area (Å²) in [5, 5.41) is 12.3. The minimum Gasteiger partial charge on any atom is -0.490 e. The minimum atomic E-state index is -0.0567. The summed E-state index contributed by atoms with van der Waals surface area (Å²) in [6, 6.07) is 7.11. The molecule has 1 aromatic carbocycles. The van der Waals surface area contributed by atoms with Crippen LogP contribution in [0.5, 0.6) is 11.5 Å². The second-order valence-electron chi connectivity index (χ2n) is 8.24. The summed E-state index contributed by atoms with van der Waals surface area (Å²) in [6.45, 7) is 2.33. The van der Waals surface area contributed by atoms with Crippen molar-refractivity contribution in [2.45, 2.75) is 51.0 Å². The molecule has 138 valence electrons. The first-order chi connectivity index (χ1) is 12.6. The molecule has 4 bridgehead atoms. The van der Waals surface area contributed by atoms with Crippen molar-refractivity contribution in [3.63, 3.8) is 0 Å². The van der Waals surface area contributed by atoms with Gasteiger partial charge in [0.2, 0.25) is 0 Å². The van der Waals surface area contributed by atoms with E-state index in [2.05, 4.69) is 11.4 Å². The summed E-state index contributed by atoms with van der Waals surface area (Å²) in [5.41, 5.74) is 0.515. The van der Waals surface area contributed by atoms with Gasteiger partial charge in [-0.1, -0.05) is 0 Å². The van der Waals surface area contributed by atoms with Gasteiger partial charge in [-0.25, -0.2) is 0 Å². The van der Waals surface area contributed by atoms with Gasteiger partial charge in [0.25, 0.3) is 5.91 Å². The SMILES string of the molecule is CCOc1cc(C#N)ccc1OCC(=O)NC12CC3CC(CC(C3)C1)C2. The van der Waals surface area contributed by atoms with Gasteiger partial charge in [0, 0.05) is 11.6 Å². The number of nitriles is 1. The largest absolute Gasteiger partial charge is 0.490 e. The van der Waals surface area contributed by atoms with E-state index in [0.29, 0.717) is 23.7 Å². The van der Waals surface area contributed by atoms with Crippen LogP contribution in [0.1, 0.15) is 51.0 Å². The van der Waals surface area contributed by atoms with Crippen LogP contribution in [0.4, 0.5) is 0 Å². The van der Waals surface area contributed by atoms with E-state index in [-0.39, 0.29) is 18.1 Å². The normalized spacial score (nSPS) is 31.3. The molecule has 0 atom stereocenters. The van der Waals surface area contributed by atoms with E-state index in [1.807, 2.05) is 6.92 Å². The Balaban J connectivity index is 1.38. The summed E-state index contributed by atoms with van der Waals surface area (Å²) in [4.78, 5) is 12.6. The molecule has 0 aromatic heterocycles. The van der Waals surface area contributed by atoms with Gasteiger partial charge in [-0.05, 0) is 75.3 Å². The van der Waals surface area contributed by atoms with Crippen molar-refractivity contribution in [1.29, 1.82) is 5.26 Å². The topological polar surface area (TPSA) is 71.3 Å². The van der Waals surface area contributed by atoms with E-state index in [0.717, 1.165) is 37.0 Å². The number of nitrogens with zero attached hydrogens (tertiary/aromatic N) is 1. The maximum atomic E-state index is 12.6. The Morgan fingerprint density at radius 1 is 1.15 bits per heavy atom. The average molecular weight is 354 g/mol. The number of rotatable bonds is 6. The molecule has 1 amide bonds. The van der Waals surface area contributed by atoms with Crippen molar-refractivity contribution in [1.82, 2.24) is 5.32 Å². The molecule has 4 aliphatic rings. The number of ether oxygens (including phenoxy) is 2.